The van der Waals surface area contributed by atoms with Crippen molar-refractivity contribution in [3.05, 3.63) is 51.4 Å². The van der Waals surface area contributed by atoms with Crippen LogP contribution in [-0.2, 0) is 28.9 Å². The summed E-state index contributed by atoms with van der Waals surface area (Å²) < 4.78 is 38.2. The quantitative estimate of drug-likeness (QED) is 0.668. The summed E-state index contributed by atoms with van der Waals surface area (Å²) in [7, 11) is -0.432. The van der Waals surface area contributed by atoms with Crippen molar-refractivity contribution in [1.29, 1.82) is 0 Å². The molecule has 0 unspecified atom stereocenters. The first-order valence-electron chi connectivity index (χ1n) is 10.2. The lowest BCUT2D eigenvalue weighted by Crippen LogP contribution is -2.36. The minimum atomic E-state index is -3.84. The maximum atomic E-state index is 13.4. The van der Waals surface area contributed by atoms with Gasteiger partial charge >= 0.3 is 5.69 Å². The highest BCUT2D eigenvalue weighted by Crippen LogP contribution is 2.34. The van der Waals surface area contributed by atoms with E-state index in [0.29, 0.717) is 37.5 Å². The molecule has 1 N–H and O–H groups in total. The van der Waals surface area contributed by atoms with E-state index in [1.165, 1.54) is 4.57 Å². The molecule has 2 aromatic carbocycles. The molecule has 0 amide bonds. The molecule has 0 aliphatic carbocycles. The Morgan fingerprint density at radius 1 is 0.935 bits per heavy atom. The lowest BCUT2D eigenvalue weighted by Gasteiger charge is -2.31. The molecule has 0 saturated carbocycles. The Morgan fingerprint density at radius 2 is 1.55 bits per heavy atom. The molecule has 166 valence electrons. The van der Waals surface area contributed by atoms with Crippen LogP contribution in [0.1, 0.15) is 16.7 Å². The van der Waals surface area contributed by atoms with Gasteiger partial charge in [-0.15, -0.1) is 0 Å². The van der Waals surface area contributed by atoms with Crippen molar-refractivity contribution >= 4 is 32.4 Å². The summed E-state index contributed by atoms with van der Waals surface area (Å²) in [6.07, 6.45) is 0. The zero-order valence-corrected chi connectivity index (χ0v) is 19.3. The zero-order valence-electron chi connectivity index (χ0n) is 18.5. The van der Waals surface area contributed by atoms with E-state index in [1.807, 2.05) is 32.9 Å². The molecule has 0 spiro atoms. The van der Waals surface area contributed by atoms with Crippen LogP contribution in [0.15, 0.2) is 34.0 Å². The summed E-state index contributed by atoms with van der Waals surface area (Å²) in [6, 6.07) is 7.29. The molecule has 1 saturated heterocycles. The number of aromatic nitrogens is 2. The highest BCUT2D eigenvalue weighted by molar-refractivity contribution is 7.92. The van der Waals surface area contributed by atoms with Gasteiger partial charge in [0, 0.05) is 27.2 Å². The maximum absolute atomic E-state index is 13.4. The van der Waals surface area contributed by atoms with Gasteiger partial charge in [0.15, 0.2) is 0 Å². The van der Waals surface area contributed by atoms with Crippen LogP contribution in [0.25, 0.3) is 11.0 Å². The van der Waals surface area contributed by atoms with Crippen LogP contribution in [0, 0.1) is 20.8 Å². The molecule has 1 aliphatic rings. The molecular weight excluding hydrogens is 416 g/mol. The van der Waals surface area contributed by atoms with Gasteiger partial charge in [-0.3, -0.25) is 13.9 Å². The molecule has 0 bridgehead atoms. The summed E-state index contributed by atoms with van der Waals surface area (Å²) in [4.78, 5) is 14.8. The first-order chi connectivity index (χ1) is 14.6. The predicted octanol–water partition coefficient (Wildman–Crippen LogP) is 2.44. The first-order valence-corrected chi connectivity index (χ1v) is 11.7. The van der Waals surface area contributed by atoms with E-state index in [2.05, 4.69) is 9.62 Å². The number of ether oxygens (including phenoxy) is 1. The van der Waals surface area contributed by atoms with Gasteiger partial charge in [0.25, 0.3) is 10.0 Å². The highest BCUT2D eigenvalue weighted by Gasteiger charge is 2.24. The molecule has 31 heavy (non-hydrogen) atoms. The molecule has 3 aromatic rings. The van der Waals surface area contributed by atoms with E-state index in [1.54, 1.807) is 30.8 Å². The van der Waals surface area contributed by atoms with E-state index in [-0.39, 0.29) is 10.6 Å². The minimum absolute atomic E-state index is 0.159. The fraction of sp³-hybridized carbons (Fsp3) is 0.409. The second-order valence-corrected chi connectivity index (χ2v) is 9.82. The van der Waals surface area contributed by atoms with Gasteiger partial charge in [0.1, 0.15) is 0 Å². The lowest BCUT2D eigenvalue weighted by atomic mass is 10.1. The Balaban J connectivity index is 1.89. The van der Waals surface area contributed by atoms with E-state index in [0.717, 1.165) is 27.9 Å². The number of nitrogens with zero attached hydrogens (tertiary/aromatic N) is 3. The number of rotatable bonds is 4. The van der Waals surface area contributed by atoms with Crippen LogP contribution in [0.5, 0.6) is 0 Å². The van der Waals surface area contributed by atoms with Crippen LogP contribution in [0.4, 0.5) is 11.4 Å². The molecular formula is C22H28N4O4S. The van der Waals surface area contributed by atoms with Crippen LogP contribution >= 0.6 is 0 Å². The smallest absolute Gasteiger partial charge is 0.328 e. The van der Waals surface area contributed by atoms with Crippen molar-refractivity contribution in [3.8, 4) is 0 Å². The van der Waals surface area contributed by atoms with Gasteiger partial charge in [-0.2, -0.15) is 0 Å². The molecule has 0 atom stereocenters. The number of hydrogen-bond acceptors (Lipinski definition) is 5. The molecule has 8 nitrogen and oxygen atoms in total. The predicted molar refractivity (Wildman–Crippen MR) is 123 cm³/mol. The highest BCUT2D eigenvalue weighted by atomic mass is 32.2. The Morgan fingerprint density at radius 3 is 2.19 bits per heavy atom. The van der Waals surface area contributed by atoms with E-state index in [9.17, 15) is 13.2 Å². The van der Waals surface area contributed by atoms with Crippen LogP contribution in [0.3, 0.4) is 0 Å². The third kappa shape index (κ3) is 3.72. The van der Waals surface area contributed by atoms with Crippen LogP contribution in [-0.4, -0.2) is 43.9 Å². The van der Waals surface area contributed by atoms with Crippen molar-refractivity contribution in [2.45, 2.75) is 25.7 Å². The average Bonchev–Trinajstić information content (AvgIpc) is 2.94. The number of morpholine rings is 1. The fourth-order valence-corrected chi connectivity index (χ4v) is 5.63. The lowest BCUT2D eigenvalue weighted by molar-refractivity contribution is 0.123. The molecule has 9 heteroatoms. The molecule has 0 radical (unpaired) electrons. The van der Waals surface area contributed by atoms with Gasteiger partial charge in [-0.25, -0.2) is 13.2 Å². The fourth-order valence-electron chi connectivity index (χ4n) is 4.16. The monoisotopic (exact) mass is 444 g/mol. The second-order valence-electron chi connectivity index (χ2n) is 8.17. The standard InChI is InChI=1S/C22H28N4O4S/c1-14-10-15(2)16(3)21(11-14)31(28,29)23-17-12-19-20(25(5)22(27)24(19)4)13-18(17)26-6-8-30-9-7-26/h10-13,23H,6-9H2,1-5H3. The first kappa shape index (κ1) is 21.5. The molecule has 1 aliphatic heterocycles. The van der Waals surface area contributed by atoms with Crippen molar-refractivity contribution in [3.63, 3.8) is 0 Å². The van der Waals surface area contributed by atoms with Crippen LogP contribution in [0.2, 0.25) is 0 Å². The number of sulfonamides is 1. The number of anilines is 2. The third-order valence-corrected chi connectivity index (χ3v) is 7.53. The second kappa shape index (κ2) is 7.72. The van der Waals surface area contributed by atoms with Gasteiger partial charge in [0.05, 0.1) is 40.5 Å². The number of nitrogens with one attached hydrogen (secondary N) is 1. The van der Waals surface area contributed by atoms with Crippen molar-refractivity contribution in [2.24, 2.45) is 14.1 Å². The normalized spacial score (nSPS) is 14.9. The van der Waals surface area contributed by atoms with Gasteiger partial charge in [-0.05, 0) is 55.7 Å². The van der Waals surface area contributed by atoms with Gasteiger partial charge in [-0.1, -0.05) is 6.07 Å². The minimum Gasteiger partial charge on any atom is -0.378 e. The largest absolute Gasteiger partial charge is 0.378 e. The number of fused-ring (bicyclic) bond motifs is 1. The summed E-state index contributed by atoms with van der Waals surface area (Å²) in [5, 5.41) is 0. The number of imidazole rings is 1. The summed E-state index contributed by atoms with van der Waals surface area (Å²) in [5.41, 5.74) is 4.98. The zero-order chi connectivity index (χ0) is 22.5. The molecule has 4 rings (SSSR count). The SMILES string of the molecule is Cc1cc(C)c(C)c(S(=O)(=O)Nc2cc3c(cc2N2CCOCC2)n(C)c(=O)n3C)c1. The van der Waals surface area contributed by atoms with Crippen LogP contribution < -0.4 is 15.3 Å². The van der Waals surface area contributed by atoms with Crippen molar-refractivity contribution < 1.29 is 13.2 Å². The maximum Gasteiger partial charge on any atom is 0.328 e. The number of benzene rings is 2. The van der Waals surface area contributed by atoms with E-state index >= 15 is 0 Å². The molecule has 2 heterocycles. The average molecular weight is 445 g/mol. The van der Waals surface area contributed by atoms with Gasteiger partial charge in [0.2, 0.25) is 0 Å². The third-order valence-electron chi connectivity index (χ3n) is 6.04. The molecule has 1 aromatic heterocycles. The Labute approximate surface area is 182 Å². The summed E-state index contributed by atoms with van der Waals surface area (Å²) in [5.74, 6) is 0. The number of aryl methyl sites for hydroxylation is 4. The van der Waals surface area contributed by atoms with Crippen molar-refractivity contribution in [1.82, 2.24) is 9.13 Å². The Hall–Kier alpha value is -2.78. The Kier molecular flexibility index (Phi) is 5.35. The summed E-state index contributed by atoms with van der Waals surface area (Å²) in [6.45, 7) is 8.02. The van der Waals surface area contributed by atoms with Crippen molar-refractivity contribution in [2.75, 3.05) is 35.9 Å². The Bertz CT molecular complexity index is 1330. The summed E-state index contributed by atoms with van der Waals surface area (Å²) >= 11 is 0. The topological polar surface area (TPSA) is 85.6 Å². The van der Waals surface area contributed by atoms with E-state index in [4.69, 9.17) is 4.74 Å². The number of hydrogen-bond donors (Lipinski definition) is 1. The van der Waals surface area contributed by atoms with E-state index < -0.39 is 10.0 Å². The van der Waals surface area contributed by atoms with Gasteiger partial charge < -0.3 is 9.64 Å². The molecule has 1 fully saturated rings.